The van der Waals surface area contributed by atoms with Crippen LogP contribution in [-0.2, 0) is 0 Å². The molecular weight excluding hydrogens is 194 g/mol. The molecule has 1 N–H and O–H groups in total. The Morgan fingerprint density at radius 2 is 2.14 bits per heavy atom. The summed E-state index contributed by atoms with van der Waals surface area (Å²) >= 11 is 1.42. The van der Waals surface area contributed by atoms with Gasteiger partial charge in [0.15, 0.2) is 0 Å². The van der Waals surface area contributed by atoms with Crippen LogP contribution in [0.25, 0.3) is 21.3 Å². The average molecular weight is 201 g/mol. The topological polar surface area (TPSA) is 41.6 Å². The van der Waals surface area contributed by atoms with Crippen molar-refractivity contribution in [2.75, 3.05) is 0 Å². The van der Waals surface area contributed by atoms with E-state index in [1.807, 2.05) is 18.5 Å². The van der Waals surface area contributed by atoms with Gasteiger partial charge in [0.2, 0.25) is 0 Å². The number of fused-ring (bicyclic) bond motifs is 1. The van der Waals surface area contributed by atoms with Crippen LogP contribution in [0.2, 0.25) is 0 Å². The number of hydrogen-bond acceptors (Lipinski definition) is 3. The van der Waals surface area contributed by atoms with E-state index in [-0.39, 0.29) is 0 Å². The molecule has 4 heteroatoms. The van der Waals surface area contributed by atoms with Crippen molar-refractivity contribution >= 4 is 21.7 Å². The van der Waals surface area contributed by atoms with E-state index in [4.69, 9.17) is 0 Å². The van der Waals surface area contributed by atoms with Crippen LogP contribution in [0.3, 0.4) is 0 Å². The van der Waals surface area contributed by atoms with Crippen molar-refractivity contribution in [1.82, 2.24) is 14.6 Å². The number of hydrogen-bond donors (Lipinski definition) is 1. The minimum Gasteiger partial charge on any atom is -0.367 e. The average Bonchev–Trinajstić information content (AvgIpc) is 2.88. The third-order valence-electron chi connectivity index (χ3n) is 2.18. The molecule has 0 atom stereocenters. The summed E-state index contributed by atoms with van der Waals surface area (Å²) < 4.78 is 5.04. The maximum atomic E-state index is 4.05. The second kappa shape index (κ2) is 2.92. The van der Waals surface area contributed by atoms with Gasteiger partial charge in [-0.3, -0.25) is 0 Å². The first kappa shape index (κ1) is 7.70. The first-order chi connectivity index (χ1) is 6.93. The van der Waals surface area contributed by atoms with E-state index in [9.17, 15) is 0 Å². The fraction of sp³-hybridized carbons (Fsp3) is 0. The van der Waals surface area contributed by atoms with Crippen LogP contribution in [0.5, 0.6) is 0 Å². The van der Waals surface area contributed by atoms with E-state index in [0.29, 0.717) is 0 Å². The van der Waals surface area contributed by atoms with Crippen LogP contribution < -0.4 is 0 Å². The molecule has 0 fully saturated rings. The number of aromatic amines is 1. The third-order valence-corrected chi connectivity index (χ3v) is 2.88. The highest BCUT2D eigenvalue weighted by atomic mass is 32.1. The van der Waals surface area contributed by atoms with Gasteiger partial charge >= 0.3 is 0 Å². The Morgan fingerprint density at radius 3 is 3.00 bits per heavy atom. The van der Waals surface area contributed by atoms with Crippen molar-refractivity contribution in [3.63, 3.8) is 0 Å². The molecule has 0 amide bonds. The fourth-order valence-electron chi connectivity index (χ4n) is 1.46. The van der Waals surface area contributed by atoms with Gasteiger partial charge < -0.3 is 4.98 Å². The Hall–Kier alpha value is -1.68. The standard InChI is InChI=1S/C10H7N3S/c1-2-10-9(12-13-14-10)5-7(1)8-3-4-11-6-8/h1-6,11H. The van der Waals surface area contributed by atoms with E-state index in [2.05, 4.69) is 32.8 Å². The molecule has 0 unspecified atom stereocenters. The zero-order chi connectivity index (χ0) is 9.38. The van der Waals surface area contributed by atoms with Gasteiger partial charge in [0.25, 0.3) is 0 Å². The second-order valence-electron chi connectivity index (χ2n) is 3.06. The number of aromatic nitrogens is 3. The summed E-state index contributed by atoms with van der Waals surface area (Å²) in [6.07, 6.45) is 3.89. The van der Waals surface area contributed by atoms with Crippen molar-refractivity contribution in [2.24, 2.45) is 0 Å². The second-order valence-corrected chi connectivity index (χ2v) is 3.84. The van der Waals surface area contributed by atoms with Crippen molar-refractivity contribution in [3.8, 4) is 11.1 Å². The van der Waals surface area contributed by atoms with E-state index in [1.165, 1.54) is 22.7 Å². The highest BCUT2D eigenvalue weighted by Crippen LogP contribution is 2.24. The maximum absolute atomic E-state index is 4.05. The molecule has 3 nitrogen and oxygen atoms in total. The van der Waals surface area contributed by atoms with Gasteiger partial charge in [0.05, 0.1) is 4.70 Å². The van der Waals surface area contributed by atoms with Crippen molar-refractivity contribution in [3.05, 3.63) is 36.7 Å². The minimum atomic E-state index is 0.966. The summed E-state index contributed by atoms with van der Waals surface area (Å²) in [4.78, 5) is 3.04. The minimum absolute atomic E-state index is 0.966. The molecule has 0 radical (unpaired) electrons. The van der Waals surface area contributed by atoms with E-state index < -0.39 is 0 Å². The zero-order valence-electron chi connectivity index (χ0n) is 7.27. The molecule has 0 aliphatic carbocycles. The SMILES string of the molecule is c1cc(-c2ccc3snnc3c2)c[nH]1. The molecule has 2 heterocycles. The quantitative estimate of drug-likeness (QED) is 0.657. The number of nitrogens with zero attached hydrogens (tertiary/aromatic N) is 2. The van der Waals surface area contributed by atoms with E-state index in [1.54, 1.807) is 0 Å². The fourth-order valence-corrected chi connectivity index (χ4v) is 2.00. The molecular formula is C10H7N3S. The zero-order valence-corrected chi connectivity index (χ0v) is 8.08. The van der Waals surface area contributed by atoms with Gasteiger partial charge in [0, 0.05) is 12.4 Å². The molecule has 1 aromatic carbocycles. The molecule has 0 saturated carbocycles. The van der Waals surface area contributed by atoms with Crippen LogP contribution in [0.4, 0.5) is 0 Å². The van der Waals surface area contributed by atoms with Gasteiger partial charge in [-0.2, -0.15) is 0 Å². The largest absolute Gasteiger partial charge is 0.367 e. The van der Waals surface area contributed by atoms with Crippen molar-refractivity contribution < 1.29 is 0 Å². The predicted molar refractivity (Wildman–Crippen MR) is 57.2 cm³/mol. The van der Waals surface area contributed by atoms with Crippen LogP contribution in [0.15, 0.2) is 36.7 Å². The first-order valence-electron chi connectivity index (χ1n) is 4.29. The molecule has 0 aliphatic rings. The van der Waals surface area contributed by atoms with E-state index >= 15 is 0 Å². The lowest BCUT2D eigenvalue weighted by atomic mass is 10.1. The number of benzene rings is 1. The van der Waals surface area contributed by atoms with Crippen molar-refractivity contribution in [2.45, 2.75) is 0 Å². The molecule has 3 aromatic rings. The Kier molecular flexibility index (Phi) is 1.61. The Morgan fingerprint density at radius 1 is 1.14 bits per heavy atom. The first-order valence-corrected chi connectivity index (χ1v) is 5.06. The van der Waals surface area contributed by atoms with Gasteiger partial charge in [-0.1, -0.05) is 10.6 Å². The van der Waals surface area contributed by atoms with Crippen molar-refractivity contribution in [1.29, 1.82) is 0 Å². The summed E-state index contributed by atoms with van der Waals surface area (Å²) in [7, 11) is 0. The van der Waals surface area contributed by atoms with E-state index in [0.717, 1.165) is 10.2 Å². The highest BCUT2D eigenvalue weighted by Gasteiger charge is 2.01. The molecule has 3 rings (SSSR count). The smallest absolute Gasteiger partial charge is 0.106 e. The summed E-state index contributed by atoms with van der Waals surface area (Å²) in [5.41, 5.74) is 3.32. The molecule has 0 aliphatic heterocycles. The van der Waals surface area contributed by atoms with Gasteiger partial charge in [0.1, 0.15) is 5.52 Å². The Labute approximate surface area is 84.6 Å². The summed E-state index contributed by atoms with van der Waals surface area (Å²) in [5, 5.41) is 4.05. The molecule has 0 spiro atoms. The number of H-pyrrole nitrogens is 1. The van der Waals surface area contributed by atoms with Crippen LogP contribution in [0, 0.1) is 0 Å². The summed E-state index contributed by atoms with van der Waals surface area (Å²) in [6, 6.07) is 8.25. The molecule has 0 saturated heterocycles. The van der Waals surface area contributed by atoms with Gasteiger partial charge in [-0.25, -0.2) is 0 Å². The maximum Gasteiger partial charge on any atom is 0.106 e. The predicted octanol–water partition coefficient (Wildman–Crippen LogP) is 2.69. The lowest BCUT2D eigenvalue weighted by Crippen LogP contribution is -1.74. The third kappa shape index (κ3) is 1.12. The molecule has 0 bridgehead atoms. The monoisotopic (exact) mass is 201 g/mol. The molecule has 14 heavy (non-hydrogen) atoms. The lowest BCUT2D eigenvalue weighted by molar-refractivity contribution is 1.20. The number of nitrogens with one attached hydrogen (secondary N) is 1. The van der Waals surface area contributed by atoms with Crippen LogP contribution in [-0.4, -0.2) is 14.6 Å². The summed E-state index contributed by atoms with van der Waals surface area (Å²) in [6.45, 7) is 0. The number of rotatable bonds is 1. The molecule has 68 valence electrons. The summed E-state index contributed by atoms with van der Waals surface area (Å²) in [5.74, 6) is 0. The normalized spacial score (nSPS) is 10.9. The van der Waals surface area contributed by atoms with Gasteiger partial charge in [-0.05, 0) is 40.9 Å². The van der Waals surface area contributed by atoms with Crippen LogP contribution in [0.1, 0.15) is 0 Å². The van der Waals surface area contributed by atoms with Crippen LogP contribution >= 0.6 is 11.5 Å². The lowest BCUT2D eigenvalue weighted by Gasteiger charge is -1.95. The molecule has 2 aromatic heterocycles. The Bertz CT molecular complexity index is 554. The highest BCUT2D eigenvalue weighted by molar-refractivity contribution is 7.12. The Balaban J connectivity index is 2.23. The van der Waals surface area contributed by atoms with Gasteiger partial charge in [-0.15, -0.1) is 5.10 Å².